The van der Waals surface area contributed by atoms with E-state index in [2.05, 4.69) is 10.3 Å². The Hall–Kier alpha value is -3.29. The number of rotatable bonds is 6. The largest absolute Gasteiger partial charge is 0.493 e. The highest BCUT2D eigenvalue weighted by atomic mass is 35.5. The van der Waals surface area contributed by atoms with Gasteiger partial charge in [0.25, 0.3) is 5.91 Å². The number of benzene rings is 3. The Morgan fingerprint density at radius 3 is 2.62 bits per heavy atom. The highest BCUT2D eigenvalue weighted by Gasteiger charge is 2.24. The lowest BCUT2D eigenvalue weighted by atomic mass is 10.2. The molecule has 3 aromatic carbocycles. The van der Waals surface area contributed by atoms with Gasteiger partial charge in [-0.25, -0.2) is 9.38 Å². The fourth-order valence-corrected chi connectivity index (χ4v) is 3.96. The molecule has 0 saturated carbocycles. The lowest BCUT2D eigenvalue weighted by Gasteiger charge is -2.12. The Labute approximate surface area is 193 Å². The van der Waals surface area contributed by atoms with Crippen molar-refractivity contribution in [1.82, 2.24) is 5.32 Å². The summed E-state index contributed by atoms with van der Waals surface area (Å²) in [5, 5.41) is 3.78. The van der Waals surface area contributed by atoms with Crippen LogP contribution in [0.3, 0.4) is 0 Å². The summed E-state index contributed by atoms with van der Waals surface area (Å²) >= 11 is 7.39. The van der Waals surface area contributed by atoms with Crippen LogP contribution in [0.15, 0.2) is 76.6 Å². The van der Waals surface area contributed by atoms with E-state index in [1.807, 2.05) is 30.3 Å². The van der Waals surface area contributed by atoms with Crippen LogP contribution in [-0.4, -0.2) is 18.2 Å². The fraction of sp³-hybridized carbons (Fsp3) is 0.0833. The molecule has 1 aliphatic rings. The molecular formula is C24H18ClFN2O3S. The van der Waals surface area contributed by atoms with E-state index in [4.69, 9.17) is 21.1 Å². The van der Waals surface area contributed by atoms with Crippen LogP contribution in [0, 0.1) is 5.82 Å². The van der Waals surface area contributed by atoms with Crippen molar-refractivity contribution in [2.75, 3.05) is 7.11 Å². The van der Waals surface area contributed by atoms with Crippen molar-refractivity contribution < 1.29 is 18.7 Å². The monoisotopic (exact) mass is 468 g/mol. The molecule has 3 aromatic rings. The molecule has 0 atom stereocenters. The van der Waals surface area contributed by atoms with E-state index < -0.39 is 0 Å². The number of ether oxygens (including phenoxy) is 2. The first-order chi connectivity index (χ1) is 15.5. The molecule has 1 saturated heterocycles. The zero-order valence-electron chi connectivity index (χ0n) is 17.0. The van der Waals surface area contributed by atoms with Gasteiger partial charge >= 0.3 is 0 Å². The lowest BCUT2D eigenvalue weighted by Crippen LogP contribution is -2.19. The third-order valence-electron chi connectivity index (χ3n) is 4.53. The number of halogens is 2. The Balaban J connectivity index is 1.49. The standard InChI is InChI=1S/C24H18ClFN2O3S/c1-30-21-12-15(6-11-20(21)31-14-16-4-2-3-5-19(16)25)13-22-23(29)28-24(32-22)27-18-9-7-17(26)8-10-18/h2-13H,14H2,1H3,(H,27,28,29)/b22-13-. The van der Waals surface area contributed by atoms with Crippen LogP contribution in [0.2, 0.25) is 5.02 Å². The van der Waals surface area contributed by atoms with Gasteiger partial charge in [0, 0.05) is 10.6 Å². The zero-order chi connectivity index (χ0) is 22.5. The molecule has 1 N–H and O–H groups in total. The number of aliphatic imine (C=N–C) groups is 1. The summed E-state index contributed by atoms with van der Waals surface area (Å²) in [6.07, 6.45) is 1.74. The molecule has 1 aliphatic heterocycles. The molecule has 8 heteroatoms. The molecule has 4 rings (SSSR count). The number of amidine groups is 1. The molecule has 0 spiro atoms. The van der Waals surface area contributed by atoms with E-state index in [1.54, 1.807) is 37.5 Å². The summed E-state index contributed by atoms with van der Waals surface area (Å²) in [5.74, 6) is 0.506. The number of hydrogen-bond acceptors (Lipinski definition) is 5. The Kier molecular flexibility index (Phi) is 6.78. The average molecular weight is 469 g/mol. The molecule has 1 fully saturated rings. The first kappa shape index (κ1) is 21.9. The van der Waals surface area contributed by atoms with Crippen LogP contribution >= 0.6 is 23.4 Å². The predicted molar refractivity (Wildman–Crippen MR) is 126 cm³/mol. The van der Waals surface area contributed by atoms with E-state index >= 15 is 0 Å². The summed E-state index contributed by atoms with van der Waals surface area (Å²) in [7, 11) is 1.55. The summed E-state index contributed by atoms with van der Waals surface area (Å²) in [6.45, 7) is 0.304. The number of carbonyl (C=O) groups is 1. The van der Waals surface area contributed by atoms with Gasteiger partial charge in [-0.2, -0.15) is 0 Å². The summed E-state index contributed by atoms with van der Waals surface area (Å²) in [6, 6.07) is 18.6. The number of carbonyl (C=O) groups excluding carboxylic acids is 1. The molecule has 1 amide bonds. The minimum atomic E-state index is -0.342. The first-order valence-electron chi connectivity index (χ1n) is 9.61. The smallest absolute Gasteiger partial charge is 0.264 e. The fourth-order valence-electron chi connectivity index (χ4n) is 2.93. The van der Waals surface area contributed by atoms with Gasteiger partial charge in [-0.05, 0) is 65.9 Å². The van der Waals surface area contributed by atoms with Crippen molar-refractivity contribution in [1.29, 1.82) is 0 Å². The minimum Gasteiger partial charge on any atom is -0.493 e. The Morgan fingerprint density at radius 2 is 1.88 bits per heavy atom. The summed E-state index contributed by atoms with van der Waals surface area (Å²) in [5.41, 5.74) is 2.19. The highest BCUT2D eigenvalue weighted by Crippen LogP contribution is 2.33. The molecule has 0 aromatic heterocycles. The maximum atomic E-state index is 13.1. The highest BCUT2D eigenvalue weighted by molar-refractivity contribution is 8.18. The van der Waals surface area contributed by atoms with Crippen molar-refractivity contribution in [3.63, 3.8) is 0 Å². The second kappa shape index (κ2) is 9.89. The maximum absolute atomic E-state index is 13.1. The average Bonchev–Trinajstić information content (AvgIpc) is 3.13. The molecule has 0 aliphatic carbocycles. The second-order valence-corrected chi connectivity index (χ2v) is 8.19. The number of hydrogen-bond donors (Lipinski definition) is 1. The molecule has 1 heterocycles. The number of amides is 1. The van der Waals surface area contributed by atoms with Crippen molar-refractivity contribution in [3.8, 4) is 11.5 Å². The maximum Gasteiger partial charge on any atom is 0.264 e. The van der Waals surface area contributed by atoms with Crippen LogP contribution in [0.25, 0.3) is 6.08 Å². The van der Waals surface area contributed by atoms with Gasteiger partial charge in [0.05, 0.1) is 17.7 Å². The van der Waals surface area contributed by atoms with Crippen LogP contribution in [0.4, 0.5) is 10.1 Å². The number of thioether (sulfide) groups is 1. The van der Waals surface area contributed by atoms with Crippen molar-refractivity contribution in [2.45, 2.75) is 6.61 Å². The van der Waals surface area contributed by atoms with E-state index in [0.717, 1.165) is 11.1 Å². The summed E-state index contributed by atoms with van der Waals surface area (Å²) < 4.78 is 24.4. The van der Waals surface area contributed by atoms with Gasteiger partial charge in [-0.15, -0.1) is 0 Å². The van der Waals surface area contributed by atoms with Gasteiger partial charge in [-0.1, -0.05) is 35.9 Å². The molecule has 0 bridgehead atoms. The number of methoxy groups -OCH3 is 1. The van der Waals surface area contributed by atoms with Crippen LogP contribution < -0.4 is 14.8 Å². The lowest BCUT2D eigenvalue weighted by molar-refractivity contribution is -0.115. The predicted octanol–water partition coefficient (Wildman–Crippen LogP) is 5.96. The third-order valence-corrected chi connectivity index (χ3v) is 5.81. The first-order valence-corrected chi connectivity index (χ1v) is 10.8. The molecule has 0 unspecified atom stereocenters. The Morgan fingerprint density at radius 1 is 1.09 bits per heavy atom. The minimum absolute atomic E-state index is 0.256. The van der Waals surface area contributed by atoms with Crippen molar-refractivity contribution in [3.05, 3.63) is 93.6 Å². The van der Waals surface area contributed by atoms with Gasteiger partial charge < -0.3 is 14.8 Å². The van der Waals surface area contributed by atoms with Gasteiger partial charge in [0.2, 0.25) is 0 Å². The second-order valence-electron chi connectivity index (χ2n) is 6.75. The van der Waals surface area contributed by atoms with Gasteiger partial charge in [0.1, 0.15) is 12.4 Å². The van der Waals surface area contributed by atoms with E-state index in [1.165, 1.54) is 23.9 Å². The van der Waals surface area contributed by atoms with Crippen molar-refractivity contribution in [2.24, 2.45) is 4.99 Å². The SMILES string of the molecule is COc1cc(/C=C2\SC(=Nc3ccc(F)cc3)NC2=O)ccc1OCc1ccccc1Cl. The van der Waals surface area contributed by atoms with Gasteiger partial charge in [-0.3, -0.25) is 4.79 Å². The normalized spacial score (nSPS) is 15.8. The topological polar surface area (TPSA) is 59.9 Å². The van der Waals surface area contributed by atoms with E-state index in [-0.39, 0.29) is 11.7 Å². The number of nitrogens with zero attached hydrogens (tertiary/aromatic N) is 1. The third kappa shape index (κ3) is 5.30. The van der Waals surface area contributed by atoms with Crippen molar-refractivity contribution >= 4 is 46.2 Å². The van der Waals surface area contributed by atoms with Gasteiger partial charge in [0.15, 0.2) is 16.7 Å². The van der Waals surface area contributed by atoms with E-state index in [9.17, 15) is 9.18 Å². The van der Waals surface area contributed by atoms with Crippen LogP contribution in [0.1, 0.15) is 11.1 Å². The van der Waals surface area contributed by atoms with E-state index in [0.29, 0.717) is 38.9 Å². The molecule has 5 nitrogen and oxygen atoms in total. The molecule has 162 valence electrons. The van der Waals surface area contributed by atoms with Crippen LogP contribution in [-0.2, 0) is 11.4 Å². The Bertz CT molecular complexity index is 1210. The zero-order valence-corrected chi connectivity index (χ0v) is 18.5. The van der Waals surface area contributed by atoms with Crippen LogP contribution in [0.5, 0.6) is 11.5 Å². The quantitative estimate of drug-likeness (QED) is 0.453. The molecular weight excluding hydrogens is 451 g/mol. The number of nitrogens with one attached hydrogen (secondary N) is 1. The molecule has 0 radical (unpaired) electrons. The summed E-state index contributed by atoms with van der Waals surface area (Å²) in [4.78, 5) is 17.2. The molecule has 32 heavy (non-hydrogen) atoms.